The van der Waals surface area contributed by atoms with Gasteiger partial charge in [-0.2, -0.15) is 5.26 Å². The van der Waals surface area contributed by atoms with Crippen molar-refractivity contribution in [3.63, 3.8) is 0 Å². The molecule has 0 spiro atoms. The summed E-state index contributed by atoms with van der Waals surface area (Å²) < 4.78 is 0. The van der Waals surface area contributed by atoms with Crippen molar-refractivity contribution in [1.29, 1.82) is 5.26 Å². The second kappa shape index (κ2) is 7.97. The van der Waals surface area contributed by atoms with E-state index in [2.05, 4.69) is 15.6 Å². The third-order valence-corrected chi connectivity index (χ3v) is 3.24. The molecule has 1 amide bonds. The minimum Gasteiger partial charge on any atom is -0.347 e. The van der Waals surface area contributed by atoms with Crippen molar-refractivity contribution in [2.45, 2.75) is 13.5 Å². The molecule has 1 heterocycles. The molecule has 0 aliphatic heterocycles. The number of benzene rings is 1. The average Bonchev–Trinajstić information content (AvgIpc) is 2.55. The monoisotopic (exact) mass is 326 g/mol. The molecule has 2 rings (SSSR count). The first kappa shape index (κ1) is 16.5. The van der Waals surface area contributed by atoms with Crippen LogP contribution in [0.4, 0.5) is 5.82 Å². The topological polar surface area (TPSA) is 77.8 Å². The summed E-state index contributed by atoms with van der Waals surface area (Å²) in [5.74, 6) is 0.117. The molecule has 0 fully saturated rings. The van der Waals surface area contributed by atoms with Gasteiger partial charge in [0.1, 0.15) is 17.5 Å². The molecule has 0 radical (unpaired) electrons. The Morgan fingerprint density at radius 1 is 1.30 bits per heavy atom. The van der Waals surface area contributed by atoms with Crippen LogP contribution in [0.15, 0.2) is 54.2 Å². The van der Waals surface area contributed by atoms with Crippen LogP contribution in [0.1, 0.15) is 11.3 Å². The number of nitriles is 1. The lowest BCUT2D eigenvalue weighted by Gasteiger charge is -2.05. The fourth-order valence-corrected chi connectivity index (χ4v) is 1.92. The van der Waals surface area contributed by atoms with E-state index in [9.17, 15) is 4.79 Å². The van der Waals surface area contributed by atoms with E-state index in [1.807, 2.05) is 37.3 Å². The molecule has 0 bridgehead atoms. The van der Waals surface area contributed by atoms with E-state index < -0.39 is 5.91 Å². The number of halogens is 1. The lowest BCUT2D eigenvalue weighted by Crippen LogP contribution is -2.24. The van der Waals surface area contributed by atoms with Crippen LogP contribution < -0.4 is 10.6 Å². The van der Waals surface area contributed by atoms with Gasteiger partial charge in [0.2, 0.25) is 0 Å². The Kier molecular flexibility index (Phi) is 5.73. The van der Waals surface area contributed by atoms with Gasteiger partial charge in [-0.05, 0) is 36.8 Å². The van der Waals surface area contributed by atoms with Crippen LogP contribution in [0.3, 0.4) is 0 Å². The molecule has 0 atom stereocenters. The Bertz CT molecular complexity index is 763. The Morgan fingerprint density at radius 2 is 2.04 bits per heavy atom. The molecule has 23 heavy (non-hydrogen) atoms. The highest BCUT2D eigenvalue weighted by Gasteiger charge is 2.08. The molecule has 0 saturated heterocycles. The van der Waals surface area contributed by atoms with Crippen molar-refractivity contribution in [2.24, 2.45) is 0 Å². The fraction of sp³-hybridized carbons (Fsp3) is 0.118. The minimum atomic E-state index is -0.456. The summed E-state index contributed by atoms with van der Waals surface area (Å²) in [5.41, 5.74) is 1.71. The van der Waals surface area contributed by atoms with Gasteiger partial charge >= 0.3 is 0 Å². The van der Waals surface area contributed by atoms with Crippen LogP contribution in [-0.4, -0.2) is 10.9 Å². The zero-order chi connectivity index (χ0) is 16.7. The molecule has 116 valence electrons. The lowest BCUT2D eigenvalue weighted by atomic mass is 10.2. The minimum absolute atomic E-state index is 0.0257. The van der Waals surface area contributed by atoms with Crippen molar-refractivity contribution in [3.8, 4) is 6.07 Å². The molecule has 0 unspecified atom stereocenters. The van der Waals surface area contributed by atoms with Gasteiger partial charge in [0.15, 0.2) is 0 Å². The highest BCUT2D eigenvalue weighted by molar-refractivity contribution is 6.30. The normalized spacial score (nSPS) is 10.7. The third kappa shape index (κ3) is 5.13. The molecule has 2 aromatic rings. The summed E-state index contributed by atoms with van der Waals surface area (Å²) in [6.45, 7) is 2.18. The van der Waals surface area contributed by atoms with E-state index in [1.54, 1.807) is 18.2 Å². The largest absolute Gasteiger partial charge is 0.347 e. The van der Waals surface area contributed by atoms with E-state index in [4.69, 9.17) is 16.9 Å². The van der Waals surface area contributed by atoms with Crippen LogP contribution in [0, 0.1) is 18.3 Å². The van der Waals surface area contributed by atoms with Crippen LogP contribution in [-0.2, 0) is 11.3 Å². The van der Waals surface area contributed by atoms with Crippen molar-refractivity contribution >= 4 is 23.3 Å². The van der Waals surface area contributed by atoms with Crippen LogP contribution in [0.2, 0.25) is 5.02 Å². The highest BCUT2D eigenvalue weighted by Crippen LogP contribution is 2.09. The van der Waals surface area contributed by atoms with Crippen molar-refractivity contribution < 1.29 is 4.79 Å². The molecule has 2 N–H and O–H groups in total. The van der Waals surface area contributed by atoms with E-state index in [1.165, 1.54) is 6.20 Å². The van der Waals surface area contributed by atoms with Crippen molar-refractivity contribution in [2.75, 3.05) is 5.32 Å². The smallest absolute Gasteiger partial charge is 0.263 e. The standard InChI is InChI=1S/C17H15ClN4O/c1-12-3-2-4-16(22-12)20-11-14(9-19)17(23)21-10-13-5-7-15(18)8-6-13/h2-8,11H,10H2,1H3,(H,20,22)(H,21,23)/b14-11-. The van der Waals surface area contributed by atoms with Gasteiger partial charge < -0.3 is 10.6 Å². The Morgan fingerprint density at radius 3 is 2.70 bits per heavy atom. The molecule has 1 aromatic heterocycles. The molecular formula is C17H15ClN4O. The van der Waals surface area contributed by atoms with Gasteiger partial charge in [-0.25, -0.2) is 4.98 Å². The number of carbonyl (C=O) groups excluding carboxylic acids is 1. The molecule has 0 aliphatic carbocycles. The first-order chi connectivity index (χ1) is 11.1. The average molecular weight is 327 g/mol. The second-order valence-corrected chi connectivity index (χ2v) is 5.22. The van der Waals surface area contributed by atoms with E-state index in [-0.39, 0.29) is 5.57 Å². The van der Waals surface area contributed by atoms with Gasteiger partial charge in [0.05, 0.1) is 0 Å². The third-order valence-electron chi connectivity index (χ3n) is 2.98. The van der Waals surface area contributed by atoms with Gasteiger partial charge in [-0.1, -0.05) is 29.8 Å². The number of amides is 1. The maximum atomic E-state index is 12.0. The van der Waals surface area contributed by atoms with Gasteiger partial charge in [-0.15, -0.1) is 0 Å². The maximum Gasteiger partial charge on any atom is 0.263 e. The number of aryl methyl sites for hydroxylation is 1. The second-order valence-electron chi connectivity index (χ2n) is 4.79. The molecule has 6 heteroatoms. The predicted molar refractivity (Wildman–Crippen MR) is 89.6 cm³/mol. The molecule has 0 aliphatic rings. The summed E-state index contributed by atoms with van der Waals surface area (Å²) in [6, 6.07) is 14.4. The van der Waals surface area contributed by atoms with Gasteiger partial charge in [0, 0.05) is 23.5 Å². The first-order valence-electron chi connectivity index (χ1n) is 6.91. The first-order valence-corrected chi connectivity index (χ1v) is 7.29. The zero-order valence-corrected chi connectivity index (χ0v) is 13.3. The number of aromatic nitrogens is 1. The van der Waals surface area contributed by atoms with Crippen LogP contribution >= 0.6 is 11.6 Å². The summed E-state index contributed by atoms with van der Waals surface area (Å²) in [6.07, 6.45) is 1.35. The fourth-order valence-electron chi connectivity index (χ4n) is 1.80. The maximum absolute atomic E-state index is 12.0. The van der Waals surface area contributed by atoms with Crippen molar-refractivity contribution in [1.82, 2.24) is 10.3 Å². The number of rotatable bonds is 5. The number of anilines is 1. The number of carbonyl (C=O) groups is 1. The number of nitrogens with zero attached hydrogens (tertiary/aromatic N) is 2. The summed E-state index contributed by atoms with van der Waals surface area (Å²) >= 11 is 5.80. The summed E-state index contributed by atoms with van der Waals surface area (Å²) in [7, 11) is 0. The van der Waals surface area contributed by atoms with Crippen molar-refractivity contribution in [3.05, 3.63) is 70.5 Å². The van der Waals surface area contributed by atoms with E-state index >= 15 is 0 Å². The van der Waals surface area contributed by atoms with E-state index in [0.29, 0.717) is 17.4 Å². The van der Waals surface area contributed by atoms with Gasteiger partial charge in [-0.3, -0.25) is 4.79 Å². The SMILES string of the molecule is Cc1cccc(N/C=C(/C#N)C(=O)NCc2ccc(Cl)cc2)n1. The van der Waals surface area contributed by atoms with Crippen LogP contribution in [0.5, 0.6) is 0 Å². The lowest BCUT2D eigenvalue weighted by molar-refractivity contribution is -0.117. The molecular weight excluding hydrogens is 312 g/mol. The Balaban J connectivity index is 1.96. The number of hydrogen-bond acceptors (Lipinski definition) is 4. The van der Waals surface area contributed by atoms with Gasteiger partial charge in [0.25, 0.3) is 5.91 Å². The zero-order valence-electron chi connectivity index (χ0n) is 12.5. The predicted octanol–water partition coefficient (Wildman–Crippen LogP) is 3.18. The number of pyridine rings is 1. The molecule has 5 nitrogen and oxygen atoms in total. The molecule has 1 aromatic carbocycles. The number of nitrogens with one attached hydrogen (secondary N) is 2. The Labute approximate surface area is 139 Å². The summed E-state index contributed by atoms with van der Waals surface area (Å²) in [4.78, 5) is 16.2. The molecule has 0 saturated carbocycles. The highest BCUT2D eigenvalue weighted by atomic mass is 35.5. The van der Waals surface area contributed by atoms with Crippen LogP contribution in [0.25, 0.3) is 0 Å². The quantitative estimate of drug-likeness (QED) is 0.653. The summed E-state index contributed by atoms with van der Waals surface area (Å²) in [5, 5.41) is 15.3. The van der Waals surface area contributed by atoms with E-state index in [0.717, 1.165) is 11.3 Å². The Hall–Kier alpha value is -2.84. The number of hydrogen-bond donors (Lipinski definition) is 2.